The average molecular weight is 595 g/mol. The highest BCUT2D eigenvalue weighted by atomic mass is 32.1. The number of anilines is 2. The van der Waals surface area contributed by atoms with E-state index in [0.29, 0.717) is 17.6 Å². The number of allylic oxidation sites excluding steroid dienone is 2. The third-order valence-corrected chi connectivity index (χ3v) is 10.1. The van der Waals surface area contributed by atoms with E-state index in [9.17, 15) is 0 Å². The Morgan fingerprint density at radius 3 is 2.09 bits per heavy atom. The molecule has 7 aromatic rings. The summed E-state index contributed by atoms with van der Waals surface area (Å²) in [4.78, 5) is 17.8. The van der Waals surface area contributed by atoms with Crippen molar-refractivity contribution in [2.75, 3.05) is 4.90 Å². The average Bonchev–Trinajstić information content (AvgIpc) is 3.64. The molecule has 1 unspecified atom stereocenters. The lowest BCUT2D eigenvalue weighted by atomic mass is 9.92. The fraction of sp³-hybridized carbons (Fsp3) is 0.0256. The molecule has 0 radical (unpaired) electrons. The van der Waals surface area contributed by atoms with Crippen molar-refractivity contribution >= 4 is 65.8 Å². The highest BCUT2D eigenvalue weighted by molar-refractivity contribution is 7.25. The summed E-state index contributed by atoms with van der Waals surface area (Å²) < 4.78 is 4.87. The Morgan fingerprint density at radius 2 is 1.31 bits per heavy atom. The predicted octanol–water partition coefficient (Wildman–Crippen LogP) is 9.34. The minimum atomic E-state index is -0.000198. The van der Waals surface area contributed by atoms with Gasteiger partial charge in [-0.2, -0.15) is 9.56 Å². The van der Waals surface area contributed by atoms with Gasteiger partial charge in [0, 0.05) is 36.9 Å². The summed E-state index contributed by atoms with van der Waals surface area (Å²) in [5.74, 6) is 1.91. The fourth-order valence-electron chi connectivity index (χ4n) is 7.01. The Labute approximate surface area is 263 Å². The molecule has 5 aromatic carbocycles. The van der Waals surface area contributed by atoms with Crippen LogP contribution in [-0.2, 0) is 0 Å². The summed E-state index contributed by atoms with van der Waals surface area (Å²) in [6.07, 6.45) is 6.66. The molecular formula is C39H24N5S+. The third kappa shape index (κ3) is 3.60. The summed E-state index contributed by atoms with van der Waals surface area (Å²) in [5.41, 5.74) is 9.02. The van der Waals surface area contributed by atoms with Crippen LogP contribution in [0.25, 0.3) is 48.5 Å². The molecule has 0 saturated carbocycles. The summed E-state index contributed by atoms with van der Waals surface area (Å²) >= 11 is 1.86. The van der Waals surface area contributed by atoms with Crippen LogP contribution in [0.3, 0.4) is 0 Å². The first-order chi connectivity index (χ1) is 22.3. The van der Waals surface area contributed by atoms with Gasteiger partial charge in [0.1, 0.15) is 17.4 Å². The van der Waals surface area contributed by atoms with Crippen molar-refractivity contribution in [1.29, 1.82) is 0 Å². The maximum Gasteiger partial charge on any atom is 0.442 e. The van der Waals surface area contributed by atoms with Crippen LogP contribution in [0.15, 0.2) is 140 Å². The normalized spacial score (nSPS) is 16.1. The van der Waals surface area contributed by atoms with E-state index in [1.165, 1.54) is 37.0 Å². The van der Waals surface area contributed by atoms with Gasteiger partial charge >= 0.3 is 5.95 Å². The van der Waals surface area contributed by atoms with Gasteiger partial charge in [0.2, 0.25) is 11.6 Å². The molecule has 0 amide bonds. The molecule has 0 N–H and O–H groups in total. The van der Waals surface area contributed by atoms with Gasteiger partial charge in [-0.1, -0.05) is 78.9 Å². The van der Waals surface area contributed by atoms with Gasteiger partial charge in [-0.15, -0.1) is 11.3 Å². The largest absolute Gasteiger partial charge is 0.442 e. The molecule has 45 heavy (non-hydrogen) atoms. The van der Waals surface area contributed by atoms with Gasteiger partial charge in [0.05, 0.1) is 11.4 Å². The Morgan fingerprint density at radius 1 is 0.622 bits per heavy atom. The molecule has 210 valence electrons. The predicted molar refractivity (Wildman–Crippen MR) is 186 cm³/mol. The molecular weight excluding hydrogens is 571 g/mol. The van der Waals surface area contributed by atoms with E-state index in [1.54, 1.807) is 0 Å². The summed E-state index contributed by atoms with van der Waals surface area (Å²) in [6, 6.07) is 42.5. The molecule has 4 heterocycles. The number of benzene rings is 5. The molecule has 1 atom stereocenters. The topological polar surface area (TPSA) is 44.9 Å². The van der Waals surface area contributed by atoms with Crippen molar-refractivity contribution in [3.8, 4) is 22.8 Å². The number of hydrogen-bond acceptors (Lipinski definition) is 5. The second-order valence-corrected chi connectivity index (χ2v) is 12.6. The minimum absolute atomic E-state index is 0.000198. The maximum atomic E-state index is 5.15. The first-order valence-electron chi connectivity index (χ1n) is 15.1. The van der Waals surface area contributed by atoms with E-state index in [1.807, 2.05) is 47.7 Å². The number of para-hydroxylation sites is 2. The zero-order chi connectivity index (χ0) is 29.5. The Bertz CT molecular complexity index is 2380. The van der Waals surface area contributed by atoms with Crippen molar-refractivity contribution in [1.82, 2.24) is 19.5 Å². The highest BCUT2D eigenvalue weighted by Gasteiger charge is 2.46. The second kappa shape index (κ2) is 9.39. The summed E-state index contributed by atoms with van der Waals surface area (Å²) in [6.45, 7) is 0. The second-order valence-electron chi connectivity index (χ2n) is 11.5. The molecule has 6 heteroatoms. The van der Waals surface area contributed by atoms with Gasteiger partial charge in [-0.3, -0.25) is 0 Å². The molecule has 0 fully saturated rings. The van der Waals surface area contributed by atoms with Crippen LogP contribution in [-0.4, -0.2) is 26.7 Å². The molecule has 2 aliphatic heterocycles. The zero-order valence-electron chi connectivity index (χ0n) is 24.0. The first-order valence-corrected chi connectivity index (χ1v) is 15.9. The Kier molecular flexibility index (Phi) is 5.15. The van der Waals surface area contributed by atoms with Crippen molar-refractivity contribution < 1.29 is 0 Å². The van der Waals surface area contributed by atoms with Crippen molar-refractivity contribution in [3.63, 3.8) is 0 Å². The number of hydrogen-bond donors (Lipinski definition) is 0. The number of fused-ring (bicyclic) bond motifs is 8. The fourth-order valence-corrected chi connectivity index (χ4v) is 8.13. The summed E-state index contributed by atoms with van der Waals surface area (Å²) in [7, 11) is 0. The SMILES string of the molecule is C1=CC2=[N+](c3nc(-c4ccccc4)nc(-c4ccccc4)n3)c3ccccc3N3c4cc5sc6ccccc6c5cc4C(=C1)C23. The van der Waals surface area contributed by atoms with E-state index in [4.69, 9.17) is 15.0 Å². The van der Waals surface area contributed by atoms with E-state index in [0.717, 1.165) is 28.2 Å². The zero-order valence-corrected chi connectivity index (χ0v) is 24.8. The molecule has 1 aliphatic carbocycles. The molecule has 0 saturated heterocycles. The van der Waals surface area contributed by atoms with Gasteiger partial charge in [0.25, 0.3) is 0 Å². The molecule has 2 aromatic heterocycles. The lowest BCUT2D eigenvalue weighted by Crippen LogP contribution is -2.43. The minimum Gasteiger partial charge on any atom is -0.323 e. The molecule has 0 bridgehead atoms. The third-order valence-electron chi connectivity index (χ3n) is 8.97. The van der Waals surface area contributed by atoms with Crippen LogP contribution in [0.1, 0.15) is 5.56 Å². The first kappa shape index (κ1) is 24.7. The lowest BCUT2D eigenvalue weighted by Gasteiger charge is -2.35. The molecule has 10 rings (SSSR count). The van der Waals surface area contributed by atoms with E-state index < -0.39 is 0 Å². The van der Waals surface area contributed by atoms with Crippen LogP contribution in [0.5, 0.6) is 0 Å². The smallest absolute Gasteiger partial charge is 0.323 e. The number of thiophene rings is 1. The number of aromatic nitrogens is 3. The van der Waals surface area contributed by atoms with Crippen LogP contribution < -0.4 is 9.48 Å². The lowest BCUT2D eigenvalue weighted by molar-refractivity contribution is 0.872. The standard InChI is InChI=1S/C39H24N5S/c1-3-12-24(13-4-1)37-40-38(25-14-5-2-6-15-25)42-39(41-37)44-31-19-9-8-18-30(31)43-33-23-35-29(26-16-7-10-21-34(26)45-35)22-28(33)27-17-11-20-32(44)36(27)43/h1-23,36H/q+1. The van der Waals surface area contributed by atoms with E-state index >= 15 is 0 Å². The van der Waals surface area contributed by atoms with Gasteiger partial charge in [-0.05, 0) is 76.2 Å². The van der Waals surface area contributed by atoms with Crippen molar-refractivity contribution in [2.45, 2.75) is 6.04 Å². The van der Waals surface area contributed by atoms with E-state index in [-0.39, 0.29) is 6.04 Å². The maximum absolute atomic E-state index is 5.15. The van der Waals surface area contributed by atoms with E-state index in [2.05, 4.69) is 113 Å². The molecule has 3 aliphatic rings. The van der Waals surface area contributed by atoms with Crippen LogP contribution in [0, 0.1) is 0 Å². The highest BCUT2D eigenvalue weighted by Crippen LogP contribution is 2.54. The Hall–Kier alpha value is -5.72. The van der Waals surface area contributed by atoms with Crippen LogP contribution in [0.2, 0.25) is 0 Å². The van der Waals surface area contributed by atoms with Crippen LogP contribution in [0.4, 0.5) is 23.0 Å². The number of nitrogens with zero attached hydrogens (tertiary/aromatic N) is 5. The Balaban J connectivity index is 1.24. The van der Waals surface area contributed by atoms with Crippen LogP contribution >= 0.6 is 11.3 Å². The molecule has 5 nitrogen and oxygen atoms in total. The monoisotopic (exact) mass is 594 g/mol. The summed E-state index contributed by atoms with van der Waals surface area (Å²) in [5, 5.41) is 2.63. The van der Waals surface area contributed by atoms with Crippen molar-refractivity contribution in [3.05, 3.63) is 145 Å². The van der Waals surface area contributed by atoms with Crippen molar-refractivity contribution in [2.24, 2.45) is 0 Å². The number of rotatable bonds is 3. The van der Waals surface area contributed by atoms with Gasteiger partial charge in [0.15, 0.2) is 0 Å². The van der Waals surface area contributed by atoms with Gasteiger partial charge < -0.3 is 4.90 Å². The van der Waals surface area contributed by atoms with Gasteiger partial charge in [-0.25, -0.2) is 0 Å². The molecule has 0 spiro atoms. The quantitative estimate of drug-likeness (QED) is 0.191.